The molecule has 0 spiro atoms. The monoisotopic (exact) mass is 609 g/mol. The first kappa shape index (κ1) is 32.5. The Labute approximate surface area is 257 Å². The molecule has 13 nitrogen and oxygen atoms in total. The van der Waals surface area contributed by atoms with Gasteiger partial charge in [-0.05, 0) is 59.4 Å². The summed E-state index contributed by atoms with van der Waals surface area (Å²) in [6.45, 7) is 10.6. The third-order valence-corrected chi connectivity index (χ3v) is 7.38. The number of aromatic amines is 1. The lowest BCUT2D eigenvalue weighted by Gasteiger charge is -2.33. The zero-order valence-corrected chi connectivity index (χ0v) is 26.1. The second kappa shape index (κ2) is 13.5. The van der Waals surface area contributed by atoms with Crippen LogP contribution in [-0.2, 0) is 25.6 Å². The standard InChI is InChI=1S/C31H43N7O6/c1-30(2,3)44-29(42)33-19-24-34-22-9-6-8-21(26(22)35-24)28(41)36-31(4)12-11-20(27(32)40)23(18-31)43-17-7-10-25(39)38-15-13-37(5)14-16-38/h6,8-9,11-12H,7,10,13-19H2,1-5H3,(H2,32,40)(H,33,42)(H,34,35)(H,36,41). The van der Waals surface area contributed by atoms with Crippen molar-refractivity contribution in [3.05, 3.63) is 53.1 Å². The fourth-order valence-corrected chi connectivity index (χ4v) is 5.06. The number of hydrogen-bond acceptors (Lipinski definition) is 8. The van der Waals surface area contributed by atoms with Crippen LogP contribution in [0.15, 0.2) is 41.7 Å². The molecule has 1 unspecified atom stereocenters. The van der Waals surface area contributed by atoms with Crippen molar-refractivity contribution in [1.29, 1.82) is 0 Å². The number of imidazole rings is 1. The Morgan fingerprint density at radius 3 is 2.55 bits per heavy atom. The summed E-state index contributed by atoms with van der Waals surface area (Å²) >= 11 is 0. The largest absolute Gasteiger partial charge is 0.497 e. The number of rotatable bonds is 10. The van der Waals surface area contributed by atoms with Crippen LogP contribution in [0.4, 0.5) is 4.79 Å². The SMILES string of the molecule is CN1CCN(C(=O)CCCOC2=C(C(N)=O)C=CC(C)(NC(=O)c3cccc4[nH]c(CNC(=O)OC(C)(C)C)nc34)C2)CC1. The lowest BCUT2D eigenvalue weighted by molar-refractivity contribution is -0.133. The van der Waals surface area contributed by atoms with Crippen molar-refractivity contribution in [3.8, 4) is 0 Å². The topological polar surface area (TPSA) is 172 Å². The van der Waals surface area contributed by atoms with E-state index in [0.29, 0.717) is 54.1 Å². The first-order valence-corrected chi connectivity index (χ1v) is 14.8. The van der Waals surface area contributed by atoms with E-state index in [1.165, 1.54) is 0 Å². The van der Waals surface area contributed by atoms with E-state index in [4.69, 9.17) is 15.2 Å². The smallest absolute Gasteiger partial charge is 0.408 e. The van der Waals surface area contributed by atoms with Gasteiger partial charge in [-0.25, -0.2) is 9.78 Å². The molecule has 5 N–H and O–H groups in total. The van der Waals surface area contributed by atoms with Crippen molar-refractivity contribution < 1.29 is 28.7 Å². The molecule has 13 heteroatoms. The first-order chi connectivity index (χ1) is 20.7. The van der Waals surface area contributed by atoms with E-state index >= 15 is 0 Å². The van der Waals surface area contributed by atoms with Gasteiger partial charge in [-0.1, -0.05) is 12.1 Å². The summed E-state index contributed by atoms with van der Waals surface area (Å²) < 4.78 is 11.2. The number of primary amides is 1. The number of nitrogens with zero attached hydrogens (tertiary/aromatic N) is 3. The average molecular weight is 610 g/mol. The van der Waals surface area contributed by atoms with Crippen LogP contribution < -0.4 is 16.4 Å². The molecule has 2 aliphatic rings. The van der Waals surface area contributed by atoms with Crippen molar-refractivity contribution in [2.75, 3.05) is 39.8 Å². The summed E-state index contributed by atoms with van der Waals surface area (Å²) in [5, 5.41) is 5.69. The van der Waals surface area contributed by atoms with Crippen molar-refractivity contribution in [3.63, 3.8) is 0 Å². The summed E-state index contributed by atoms with van der Waals surface area (Å²) in [5.74, 6) is -0.0932. The highest BCUT2D eigenvalue weighted by Crippen LogP contribution is 2.29. The van der Waals surface area contributed by atoms with E-state index in [1.807, 2.05) is 18.9 Å². The predicted molar refractivity (Wildman–Crippen MR) is 164 cm³/mol. The highest BCUT2D eigenvalue weighted by Gasteiger charge is 2.32. The third kappa shape index (κ3) is 8.59. The number of aromatic nitrogens is 2. The Bertz CT molecular complexity index is 1470. The first-order valence-electron chi connectivity index (χ1n) is 14.8. The van der Waals surface area contributed by atoms with Crippen LogP contribution in [0.3, 0.4) is 0 Å². The summed E-state index contributed by atoms with van der Waals surface area (Å²) in [5.41, 5.74) is 5.75. The fourth-order valence-electron chi connectivity index (χ4n) is 5.06. The molecule has 2 heterocycles. The Hall–Kier alpha value is -4.39. The zero-order valence-electron chi connectivity index (χ0n) is 26.1. The summed E-state index contributed by atoms with van der Waals surface area (Å²) in [4.78, 5) is 62.0. The Morgan fingerprint density at radius 2 is 1.86 bits per heavy atom. The number of piperazine rings is 1. The van der Waals surface area contributed by atoms with Crippen molar-refractivity contribution in [2.45, 2.75) is 64.6 Å². The van der Waals surface area contributed by atoms with Gasteiger partial charge < -0.3 is 40.6 Å². The maximum atomic E-state index is 13.5. The van der Waals surface area contributed by atoms with Gasteiger partial charge in [-0.3, -0.25) is 14.4 Å². The van der Waals surface area contributed by atoms with Crippen LogP contribution in [0.1, 0.15) is 63.1 Å². The molecule has 1 fully saturated rings. The molecule has 0 radical (unpaired) electrons. The van der Waals surface area contributed by atoms with Crippen molar-refractivity contribution in [2.24, 2.45) is 5.73 Å². The van der Waals surface area contributed by atoms with E-state index in [1.54, 1.807) is 51.1 Å². The number of ether oxygens (including phenoxy) is 2. The number of carbonyl (C=O) groups is 4. The van der Waals surface area contributed by atoms with Gasteiger partial charge in [0.25, 0.3) is 11.8 Å². The summed E-state index contributed by atoms with van der Waals surface area (Å²) in [6, 6.07) is 5.20. The van der Waals surface area contributed by atoms with E-state index in [0.717, 1.165) is 13.1 Å². The Morgan fingerprint density at radius 1 is 1.14 bits per heavy atom. The van der Waals surface area contributed by atoms with Crippen LogP contribution in [-0.4, -0.2) is 94.6 Å². The van der Waals surface area contributed by atoms with Crippen molar-refractivity contribution >= 4 is 34.8 Å². The number of likely N-dealkylation sites (N-methyl/N-ethyl adjacent to an activating group) is 1. The number of nitrogens with two attached hydrogens (primary N) is 1. The van der Waals surface area contributed by atoms with Crippen LogP contribution in [0.5, 0.6) is 0 Å². The van der Waals surface area contributed by atoms with Gasteiger partial charge in [-0.2, -0.15) is 0 Å². The van der Waals surface area contributed by atoms with Crippen LogP contribution in [0.2, 0.25) is 0 Å². The van der Waals surface area contributed by atoms with Crippen LogP contribution in [0.25, 0.3) is 11.0 Å². The number of amides is 4. The quantitative estimate of drug-likeness (QED) is 0.297. The molecule has 1 aliphatic carbocycles. The molecule has 1 saturated heterocycles. The van der Waals surface area contributed by atoms with E-state index < -0.39 is 23.1 Å². The molecule has 2 aromatic rings. The zero-order chi connectivity index (χ0) is 32.1. The van der Waals surface area contributed by atoms with Gasteiger partial charge in [-0.15, -0.1) is 0 Å². The maximum Gasteiger partial charge on any atom is 0.408 e. The predicted octanol–water partition coefficient (Wildman–Crippen LogP) is 2.35. The van der Waals surface area contributed by atoms with Crippen LogP contribution >= 0.6 is 0 Å². The molecular formula is C31H43N7O6. The minimum atomic E-state index is -0.888. The molecule has 44 heavy (non-hydrogen) atoms. The number of para-hydroxylation sites is 1. The van der Waals surface area contributed by atoms with Gasteiger partial charge in [0.1, 0.15) is 22.7 Å². The van der Waals surface area contributed by atoms with Gasteiger partial charge in [0, 0.05) is 39.0 Å². The molecule has 4 amide bonds. The number of nitrogens with one attached hydrogen (secondary N) is 3. The lowest BCUT2D eigenvalue weighted by atomic mass is 9.88. The second-order valence-corrected chi connectivity index (χ2v) is 12.5. The van der Waals surface area contributed by atoms with E-state index in [9.17, 15) is 19.2 Å². The van der Waals surface area contributed by atoms with Gasteiger partial charge in [0.15, 0.2) is 0 Å². The van der Waals surface area contributed by atoms with E-state index in [2.05, 4.69) is 25.5 Å². The van der Waals surface area contributed by atoms with Gasteiger partial charge in [0.05, 0.1) is 35.3 Å². The minimum Gasteiger partial charge on any atom is -0.497 e. The van der Waals surface area contributed by atoms with Crippen LogP contribution in [0, 0.1) is 0 Å². The minimum absolute atomic E-state index is 0.0859. The average Bonchev–Trinajstić information content (AvgIpc) is 3.36. The molecule has 238 valence electrons. The molecule has 1 aromatic carbocycles. The number of fused-ring (bicyclic) bond motifs is 1. The molecule has 0 bridgehead atoms. The number of hydrogen-bond donors (Lipinski definition) is 4. The molecule has 1 aromatic heterocycles. The molecular weight excluding hydrogens is 566 g/mol. The van der Waals surface area contributed by atoms with Gasteiger partial charge in [0.2, 0.25) is 5.91 Å². The number of alkyl carbamates (subject to hydrolysis) is 1. The Kier molecular flexibility index (Phi) is 9.98. The number of H-pyrrole nitrogens is 1. The molecule has 0 saturated carbocycles. The highest BCUT2D eigenvalue weighted by molar-refractivity contribution is 6.05. The fraction of sp³-hybridized carbons (Fsp3) is 0.516. The molecule has 1 atom stereocenters. The maximum absolute atomic E-state index is 13.5. The lowest BCUT2D eigenvalue weighted by Crippen LogP contribution is -2.47. The summed E-state index contributed by atoms with van der Waals surface area (Å²) in [6.07, 6.45) is 3.73. The molecule has 4 rings (SSSR count). The summed E-state index contributed by atoms with van der Waals surface area (Å²) in [7, 11) is 2.04. The number of benzene rings is 1. The van der Waals surface area contributed by atoms with E-state index in [-0.39, 0.29) is 37.0 Å². The third-order valence-electron chi connectivity index (χ3n) is 7.38. The molecule has 1 aliphatic heterocycles. The highest BCUT2D eigenvalue weighted by atomic mass is 16.6. The normalized spacial score (nSPS) is 19.2. The Balaban J connectivity index is 1.37. The van der Waals surface area contributed by atoms with Crippen molar-refractivity contribution in [1.82, 2.24) is 30.4 Å². The number of carbonyl (C=O) groups excluding carboxylic acids is 4. The second-order valence-electron chi connectivity index (χ2n) is 12.5. The van der Waals surface area contributed by atoms with Gasteiger partial charge >= 0.3 is 6.09 Å².